The van der Waals surface area contributed by atoms with E-state index >= 15 is 0 Å². The molecule has 0 aromatic heterocycles. The maximum absolute atomic E-state index is 9.89. The van der Waals surface area contributed by atoms with Gasteiger partial charge in [-0.15, -0.1) is 5.43 Å². The molecule has 1 radical (unpaired) electrons. The molecule has 1 unspecified atom stereocenters. The summed E-state index contributed by atoms with van der Waals surface area (Å²) in [5.74, 6) is 0. The molecule has 1 N–H and O–H groups in total. The fourth-order valence-corrected chi connectivity index (χ4v) is 0.205. The maximum atomic E-state index is 9.89. The summed E-state index contributed by atoms with van der Waals surface area (Å²) in [5.41, 5.74) is 3.27. The second-order valence-corrected chi connectivity index (χ2v) is 0.883. The number of rotatable bonds is 0. The molecule has 33 valence electrons. The molecule has 0 spiro atoms. The molecule has 0 fully saturated rings. The summed E-state index contributed by atoms with van der Waals surface area (Å²) in [5, 5.41) is 15.8. The third-order valence-corrected chi connectivity index (χ3v) is 0.425. The van der Waals surface area contributed by atoms with E-state index in [0.29, 0.717) is 0 Å². The van der Waals surface area contributed by atoms with Gasteiger partial charge < -0.3 is 5.21 Å². The van der Waals surface area contributed by atoms with Crippen molar-refractivity contribution in [2.24, 2.45) is 10.4 Å². The van der Waals surface area contributed by atoms with Crippen molar-refractivity contribution in [3.8, 4) is 0 Å². The lowest BCUT2D eigenvalue weighted by atomic mass is 11.2. The molecule has 1 rings (SSSR count). The zero-order chi connectivity index (χ0) is 4.41. The van der Waals surface area contributed by atoms with Crippen molar-refractivity contribution in [3.05, 3.63) is 5.21 Å². The average molecular weight is 87.1 g/mol. The van der Waals surface area contributed by atoms with E-state index in [1.54, 1.807) is 0 Å². The van der Waals surface area contributed by atoms with Gasteiger partial charge in [-0.1, -0.05) is 0 Å². The Morgan fingerprint density at radius 3 is 2.67 bits per heavy atom. The Kier molecular flexibility index (Phi) is 0.697. The van der Waals surface area contributed by atoms with Gasteiger partial charge in [-0.2, -0.15) is 0 Å². The van der Waals surface area contributed by atoms with Crippen molar-refractivity contribution < 1.29 is 5.17 Å². The molecule has 1 atom stereocenters. The van der Waals surface area contributed by atoms with Crippen LogP contribution in [0.25, 0.3) is 0 Å². The van der Waals surface area contributed by atoms with E-state index in [-0.39, 0.29) is 11.8 Å². The monoisotopic (exact) mass is 87.0 g/mol. The molecular weight excluding hydrogens is 84.0 g/mol. The van der Waals surface area contributed by atoms with Crippen LogP contribution < -0.4 is 10.6 Å². The van der Waals surface area contributed by atoms with E-state index in [0.717, 1.165) is 0 Å². The minimum absolute atomic E-state index is 0.139. The minimum Gasteiger partial charge on any atom is -0.603 e. The van der Waals surface area contributed by atoms with Crippen LogP contribution in [0.15, 0.2) is 10.4 Å². The first-order chi connectivity index (χ1) is 2.89. The summed E-state index contributed by atoms with van der Waals surface area (Å²) in [7, 11) is 0. The molecule has 0 saturated carbocycles. The Morgan fingerprint density at radius 2 is 2.50 bits per heavy atom. The number of hydrogen-bond acceptors (Lipinski definition) is 3. The van der Waals surface area contributed by atoms with Crippen LogP contribution in [0, 0.1) is 5.21 Å². The van der Waals surface area contributed by atoms with Crippen molar-refractivity contribution in [2.75, 3.05) is 6.67 Å². The molecule has 0 amide bonds. The van der Waals surface area contributed by atoms with Gasteiger partial charge in [0.1, 0.15) is 0 Å². The summed E-state index contributed by atoms with van der Waals surface area (Å²) in [6.07, 6.45) is 0. The molecule has 6 heavy (non-hydrogen) atoms. The third kappa shape index (κ3) is 0.447. The van der Waals surface area contributed by atoms with Crippen molar-refractivity contribution in [1.82, 2.24) is 5.43 Å². The first-order valence-corrected chi connectivity index (χ1v) is 1.50. The predicted octanol–water partition coefficient (Wildman–Crippen LogP) is -1.77. The molecular formula is CH3N4O. The van der Waals surface area contributed by atoms with Crippen molar-refractivity contribution in [3.63, 3.8) is 0 Å². The third-order valence-electron chi connectivity index (χ3n) is 0.425. The van der Waals surface area contributed by atoms with Crippen LogP contribution in [-0.4, -0.2) is 6.67 Å². The topological polar surface area (TPSA) is 66.3 Å². The normalized spacial score (nSPS) is 30.5. The van der Waals surface area contributed by atoms with Gasteiger partial charge in [0.25, 0.3) is 0 Å². The number of nitrogens with zero attached hydrogens (tertiary/aromatic N) is 3. The summed E-state index contributed by atoms with van der Waals surface area (Å²) in [6.45, 7) is 0.139. The highest BCUT2D eigenvalue weighted by Gasteiger charge is 1.99. The zero-order valence-corrected chi connectivity index (χ0v) is 2.96. The SMILES string of the molecule is [O-][NH+]1C[N]N=N1. The van der Waals surface area contributed by atoms with Gasteiger partial charge in [0.15, 0.2) is 0 Å². The number of hydroxylamine groups is 1. The van der Waals surface area contributed by atoms with Gasteiger partial charge in [-0.3, -0.25) is 0 Å². The Hall–Kier alpha value is -0.680. The Morgan fingerprint density at radius 1 is 1.67 bits per heavy atom. The zero-order valence-electron chi connectivity index (χ0n) is 2.96. The van der Waals surface area contributed by atoms with Gasteiger partial charge >= 0.3 is 0 Å². The van der Waals surface area contributed by atoms with Crippen LogP contribution in [0.2, 0.25) is 0 Å². The predicted molar refractivity (Wildman–Crippen MR) is 16.2 cm³/mol. The Bertz CT molecular complexity index is 69.9. The smallest absolute Gasteiger partial charge is 0.217 e. The number of quaternary nitrogens is 1. The van der Waals surface area contributed by atoms with E-state index in [4.69, 9.17) is 0 Å². The number of nitrogens with one attached hydrogen (secondary N) is 1. The van der Waals surface area contributed by atoms with Crippen LogP contribution in [0.5, 0.6) is 0 Å². The second kappa shape index (κ2) is 1.19. The fourth-order valence-electron chi connectivity index (χ4n) is 0.205. The van der Waals surface area contributed by atoms with Crippen LogP contribution in [-0.2, 0) is 0 Å². The van der Waals surface area contributed by atoms with Gasteiger partial charge in [0.05, 0.1) is 0 Å². The highest BCUT2D eigenvalue weighted by molar-refractivity contribution is 4.17. The van der Waals surface area contributed by atoms with Gasteiger partial charge in [0.2, 0.25) is 6.67 Å². The summed E-state index contributed by atoms with van der Waals surface area (Å²) < 4.78 is 0. The minimum atomic E-state index is -0.255. The van der Waals surface area contributed by atoms with Gasteiger partial charge in [0, 0.05) is 10.4 Å². The second-order valence-electron chi connectivity index (χ2n) is 0.883. The molecule has 1 aliphatic rings. The first-order valence-electron chi connectivity index (χ1n) is 1.50. The van der Waals surface area contributed by atoms with Gasteiger partial charge in [-0.05, 0) is 0 Å². The Balaban J connectivity index is 2.38. The molecule has 0 bridgehead atoms. The lowest BCUT2D eigenvalue weighted by Gasteiger charge is -2.00. The van der Waals surface area contributed by atoms with Crippen LogP contribution in [0.4, 0.5) is 0 Å². The molecule has 5 heteroatoms. The summed E-state index contributed by atoms with van der Waals surface area (Å²) in [4.78, 5) is 0. The van der Waals surface area contributed by atoms with Gasteiger partial charge in [-0.25, -0.2) is 5.17 Å². The molecule has 0 aliphatic carbocycles. The fraction of sp³-hybridized carbons (Fsp3) is 1.00. The van der Waals surface area contributed by atoms with Crippen molar-refractivity contribution in [1.29, 1.82) is 0 Å². The van der Waals surface area contributed by atoms with Crippen LogP contribution >= 0.6 is 0 Å². The van der Waals surface area contributed by atoms with E-state index < -0.39 is 0 Å². The van der Waals surface area contributed by atoms with E-state index in [2.05, 4.69) is 15.9 Å². The molecule has 0 aromatic carbocycles. The van der Waals surface area contributed by atoms with Crippen LogP contribution in [0.3, 0.4) is 0 Å². The van der Waals surface area contributed by atoms with E-state index in [1.807, 2.05) is 0 Å². The van der Waals surface area contributed by atoms with Crippen LogP contribution in [0.1, 0.15) is 0 Å². The molecule has 5 nitrogen and oxygen atoms in total. The quantitative estimate of drug-likeness (QED) is 0.349. The van der Waals surface area contributed by atoms with E-state index in [1.165, 1.54) is 0 Å². The van der Waals surface area contributed by atoms with Crippen molar-refractivity contribution in [2.45, 2.75) is 0 Å². The van der Waals surface area contributed by atoms with Crippen molar-refractivity contribution >= 4 is 0 Å². The summed E-state index contributed by atoms with van der Waals surface area (Å²) >= 11 is 0. The highest BCUT2D eigenvalue weighted by atomic mass is 16.5. The first kappa shape index (κ1) is 3.51. The molecule has 1 aliphatic heterocycles. The molecule has 0 aromatic rings. The molecule has 1 heterocycles. The largest absolute Gasteiger partial charge is 0.603 e. The Labute approximate surface area is 34.2 Å². The summed E-state index contributed by atoms with van der Waals surface area (Å²) in [6, 6.07) is 0. The van der Waals surface area contributed by atoms with E-state index in [9.17, 15) is 5.21 Å². The average Bonchev–Trinajstić information content (AvgIpc) is 1.86. The lowest BCUT2D eigenvalue weighted by Crippen LogP contribution is -3.01. The number of hydrogen-bond donors (Lipinski definition) is 1. The standard InChI is InChI=1S/CH3N4O/c6-5-1-2-3-4-5/h5H,1H2. The maximum Gasteiger partial charge on any atom is 0.217 e. The molecule has 0 saturated heterocycles. The lowest BCUT2D eigenvalue weighted by molar-refractivity contribution is -0.852. The highest BCUT2D eigenvalue weighted by Crippen LogP contribution is 1.63.